The van der Waals surface area contributed by atoms with Crippen LogP contribution in [0.2, 0.25) is 0 Å². The summed E-state index contributed by atoms with van der Waals surface area (Å²) in [6.45, 7) is 0.743. The van der Waals surface area contributed by atoms with Gasteiger partial charge in [-0.1, -0.05) is 12.1 Å². The minimum absolute atomic E-state index is 0.0770. The number of nitriles is 1. The van der Waals surface area contributed by atoms with Crippen LogP contribution < -0.4 is 5.32 Å². The van der Waals surface area contributed by atoms with Gasteiger partial charge in [0, 0.05) is 35.3 Å². The van der Waals surface area contributed by atoms with E-state index in [1.54, 1.807) is 24.3 Å². The van der Waals surface area contributed by atoms with Gasteiger partial charge in [0.25, 0.3) is 0 Å². The third kappa shape index (κ3) is 4.96. The van der Waals surface area contributed by atoms with E-state index in [0.29, 0.717) is 22.8 Å². The predicted octanol–water partition coefficient (Wildman–Crippen LogP) is 1.81. The Balaban J connectivity index is 1.76. The number of hydrogen-bond acceptors (Lipinski definition) is 4. The lowest BCUT2D eigenvalue weighted by Crippen LogP contribution is -2.21. The number of nitrogens with one attached hydrogen (secondary N) is 1. The maximum absolute atomic E-state index is 11.9. The summed E-state index contributed by atoms with van der Waals surface area (Å²) in [4.78, 5) is 11.8. The molecule has 6 heteroatoms. The van der Waals surface area contributed by atoms with E-state index < -0.39 is 10.8 Å². The molecular weight excluding hydrogens is 288 g/mol. The van der Waals surface area contributed by atoms with Gasteiger partial charge < -0.3 is 10.1 Å². The highest BCUT2D eigenvalue weighted by Crippen LogP contribution is 2.15. The van der Waals surface area contributed by atoms with Crippen molar-refractivity contribution in [3.05, 3.63) is 29.8 Å². The summed E-state index contributed by atoms with van der Waals surface area (Å²) in [7, 11) is -1.05. The van der Waals surface area contributed by atoms with E-state index in [1.807, 2.05) is 6.07 Å². The molecule has 1 N–H and O–H groups in total. The molecule has 0 saturated carbocycles. The lowest BCUT2D eigenvalue weighted by molar-refractivity contribution is -0.115. The van der Waals surface area contributed by atoms with E-state index in [-0.39, 0.29) is 18.4 Å². The third-order valence-electron chi connectivity index (χ3n) is 3.27. The molecule has 0 radical (unpaired) electrons. The number of carbonyl (C=O) groups excluding carboxylic acids is 1. The molecular formula is C15H18N2O3S. The van der Waals surface area contributed by atoms with Crippen molar-refractivity contribution >= 4 is 22.4 Å². The lowest BCUT2D eigenvalue weighted by Gasteiger charge is -2.09. The maximum atomic E-state index is 11.9. The zero-order chi connectivity index (χ0) is 15.1. The average Bonchev–Trinajstić information content (AvgIpc) is 2.98. The molecule has 2 rings (SSSR count). The number of benzene rings is 1. The summed E-state index contributed by atoms with van der Waals surface area (Å²) in [6, 6.07) is 8.84. The molecule has 1 aliphatic rings. The van der Waals surface area contributed by atoms with Gasteiger partial charge in [-0.05, 0) is 25.0 Å². The summed E-state index contributed by atoms with van der Waals surface area (Å²) < 4.78 is 17.3. The molecule has 2 unspecified atom stereocenters. The Hall–Kier alpha value is -1.71. The Kier molecular flexibility index (Phi) is 5.90. The van der Waals surface area contributed by atoms with Gasteiger partial charge in [0.15, 0.2) is 0 Å². The maximum Gasteiger partial charge on any atom is 0.225 e. The van der Waals surface area contributed by atoms with Crippen molar-refractivity contribution in [3.8, 4) is 6.07 Å². The van der Waals surface area contributed by atoms with Crippen LogP contribution in [-0.2, 0) is 20.3 Å². The highest BCUT2D eigenvalue weighted by molar-refractivity contribution is 7.85. The van der Waals surface area contributed by atoms with Crippen molar-refractivity contribution in [2.45, 2.75) is 25.4 Å². The summed E-state index contributed by atoms with van der Waals surface area (Å²) in [5.74, 6) is 0.598. The number of hydrogen-bond donors (Lipinski definition) is 1. The molecule has 1 aliphatic heterocycles. The average molecular weight is 306 g/mol. The van der Waals surface area contributed by atoms with E-state index in [4.69, 9.17) is 10.00 Å². The first kappa shape index (κ1) is 15.7. The number of ether oxygens (including phenoxy) is 1. The fourth-order valence-electron chi connectivity index (χ4n) is 2.18. The second kappa shape index (κ2) is 7.91. The van der Waals surface area contributed by atoms with Crippen LogP contribution in [0.3, 0.4) is 0 Å². The van der Waals surface area contributed by atoms with Gasteiger partial charge in [0.05, 0.1) is 17.4 Å². The van der Waals surface area contributed by atoms with Crippen LogP contribution in [0.25, 0.3) is 0 Å². The second-order valence-corrected chi connectivity index (χ2v) is 6.52. The minimum Gasteiger partial charge on any atom is -0.377 e. The van der Waals surface area contributed by atoms with Crippen molar-refractivity contribution in [2.24, 2.45) is 0 Å². The van der Waals surface area contributed by atoms with Crippen molar-refractivity contribution in [3.63, 3.8) is 0 Å². The molecule has 1 fully saturated rings. The van der Waals surface area contributed by atoms with Crippen LogP contribution in [0.1, 0.15) is 24.8 Å². The topological polar surface area (TPSA) is 79.2 Å². The van der Waals surface area contributed by atoms with Crippen LogP contribution in [-0.4, -0.2) is 34.3 Å². The van der Waals surface area contributed by atoms with E-state index >= 15 is 0 Å². The number of amides is 1. The quantitative estimate of drug-likeness (QED) is 0.869. The van der Waals surface area contributed by atoms with E-state index in [0.717, 1.165) is 19.4 Å². The number of para-hydroxylation sites is 1. The summed E-state index contributed by atoms with van der Waals surface area (Å²) in [6.07, 6.45) is 2.23. The summed E-state index contributed by atoms with van der Waals surface area (Å²) in [5, 5.41) is 11.6. The summed E-state index contributed by atoms with van der Waals surface area (Å²) >= 11 is 0. The Morgan fingerprint density at radius 2 is 2.29 bits per heavy atom. The van der Waals surface area contributed by atoms with Crippen LogP contribution in [0.4, 0.5) is 5.69 Å². The number of nitrogens with zero attached hydrogens (tertiary/aromatic N) is 1. The first-order valence-electron chi connectivity index (χ1n) is 6.94. The van der Waals surface area contributed by atoms with E-state index in [1.165, 1.54) is 0 Å². The van der Waals surface area contributed by atoms with Crippen molar-refractivity contribution in [2.75, 3.05) is 23.4 Å². The van der Waals surface area contributed by atoms with Gasteiger partial charge in [-0.25, -0.2) is 0 Å². The molecule has 5 nitrogen and oxygen atoms in total. The molecule has 0 spiro atoms. The largest absolute Gasteiger partial charge is 0.377 e. The van der Waals surface area contributed by atoms with Crippen LogP contribution in [0, 0.1) is 11.3 Å². The van der Waals surface area contributed by atoms with Crippen LogP contribution in [0.5, 0.6) is 0 Å². The van der Waals surface area contributed by atoms with Crippen molar-refractivity contribution < 1.29 is 13.7 Å². The first-order chi connectivity index (χ1) is 10.2. The van der Waals surface area contributed by atoms with Crippen LogP contribution in [0.15, 0.2) is 24.3 Å². The van der Waals surface area contributed by atoms with Gasteiger partial charge in [0.1, 0.15) is 6.07 Å². The zero-order valence-electron chi connectivity index (χ0n) is 11.7. The Labute approximate surface area is 126 Å². The zero-order valence-corrected chi connectivity index (χ0v) is 12.5. The Morgan fingerprint density at radius 1 is 1.48 bits per heavy atom. The lowest BCUT2D eigenvalue weighted by atomic mass is 10.2. The fraction of sp³-hybridized carbons (Fsp3) is 0.467. The van der Waals surface area contributed by atoms with E-state index in [2.05, 4.69) is 5.32 Å². The molecule has 1 aromatic rings. The molecule has 1 heterocycles. The van der Waals surface area contributed by atoms with E-state index in [9.17, 15) is 9.00 Å². The van der Waals surface area contributed by atoms with Gasteiger partial charge >= 0.3 is 0 Å². The molecule has 1 saturated heterocycles. The first-order valence-corrected chi connectivity index (χ1v) is 8.43. The Bertz CT molecular complexity index is 562. The Morgan fingerprint density at radius 3 is 3.00 bits per heavy atom. The van der Waals surface area contributed by atoms with Gasteiger partial charge in [-0.2, -0.15) is 5.26 Å². The molecule has 1 aromatic carbocycles. The fourth-order valence-corrected chi connectivity index (χ4v) is 3.43. The van der Waals surface area contributed by atoms with Gasteiger partial charge in [-0.3, -0.25) is 9.00 Å². The number of rotatable bonds is 6. The standard InChI is InChI=1S/C15H18N2O3S/c16-10-12-4-1-2-6-14(12)17-15(18)7-9-21(19)11-13-5-3-8-20-13/h1-2,4,6,13H,3,5,7-9,11H2,(H,17,18). The van der Waals surface area contributed by atoms with Crippen molar-refractivity contribution in [1.82, 2.24) is 0 Å². The highest BCUT2D eigenvalue weighted by Gasteiger charge is 2.18. The van der Waals surface area contributed by atoms with Crippen molar-refractivity contribution in [1.29, 1.82) is 5.26 Å². The smallest absolute Gasteiger partial charge is 0.225 e. The van der Waals surface area contributed by atoms with Crippen LogP contribution >= 0.6 is 0 Å². The normalized spacial score (nSPS) is 18.9. The molecule has 0 aliphatic carbocycles. The molecule has 0 aromatic heterocycles. The third-order valence-corrected chi connectivity index (χ3v) is 4.68. The van der Waals surface area contributed by atoms with Gasteiger partial charge in [-0.15, -0.1) is 0 Å². The SMILES string of the molecule is N#Cc1ccccc1NC(=O)CCS(=O)CC1CCCO1. The number of carbonyl (C=O) groups is 1. The second-order valence-electron chi connectivity index (χ2n) is 4.90. The molecule has 0 bridgehead atoms. The predicted molar refractivity (Wildman–Crippen MR) is 81.3 cm³/mol. The number of anilines is 1. The molecule has 112 valence electrons. The molecule has 2 atom stereocenters. The molecule has 1 amide bonds. The summed E-state index contributed by atoms with van der Waals surface area (Å²) in [5.41, 5.74) is 0.918. The van der Waals surface area contributed by atoms with Gasteiger partial charge in [0.2, 0.25) is 5.91 Å². The molecule has 21 heavy (non-hydrogen) atoms. The minimum atomic E-state index is -1.05. The monoisotopic (exact) mass is 306 g/mol. The highest BCUT2D eigenvalue weighted by atomic mass is 32.2.